The number of ether oxygens (including phenoxy) is 1. The number of carbonyl (C=O) groups excluding carboxylic acids is 1. The Morgan fingerprint density at radius 2 is 2.13 bits per heavy atom. The molecule has 0 aliphatic carbocycles. The molecule has 0 saturated carbocycles. The van der Waals surface area contributed by atoms with Crippen molar-refractivity contribution in [3.63, 3.8) is 0 Å². The number of rotatable bonds is 1. The van der Waals surface area contributed by atoms with Crippen LogP contribution in [0, 0.1) is 0 Å². The van der Waals surface area contributed by atoms with E-state index in [9.17, 15) is 4.79 Å². The topological polar surface area (TPSA) is 29.5 Å². The van der Waals surface area contributed by atoms with Gasteiger partial charge in [0.15, 0.2) is 0 Å². The highest BCUT2D eigenvalue weighted by atomic mass is 16.5. The Balaban J connectivity index is 2.13. The Labute approximate surface area is 89.7 Å². The van der Waals surface area contributed by atoms with Gasteiger partial charge < -0.3 is 9.64 Å². The van der Waals surface area contributed by atoms with Gasteiger partial charge in [0.25, 0.3) is 5.91 Å². The molecular weight excluding hydrogens is 190 g/mol. The molecule has 0 spiro atoms. The quantitative estimate of drug-likeness (QED) is 0.700. The number of carbonyl (C=O) groups is 1. The summed E-state index contributed by atoms with van der Waals surface area (Å²) in [6.07, 6.45) is 0.814. The van der Waals surface area contributed by atoms with Gasteiger partial charge in [-0.25, -0.2) is 0 Å². The third-order valence-corrected chi connectivity index (χ3v) is 2.62. The Morgan fingerprint density at radius 3 is 2.80 bits per heavy atom. The first-order valence-electron chi connectivity index (χ1n) is 5.26. The van der Waals surface area contributed by atoms with Crippen molar-refractivity contribution in [2.45, 2.75) is 19.6 Å². The third kappa shape index (κ3) is 2.18. The van der Waals surface area contributed by atoms with Crippen molar-refractivity contribution in [3.8, 4) is 0 Å². The fourth-order valence-corrected chi connectivity index (χ4v) is 1.77. The molecule has 1 amide bonds. The maximum atomic E-state index is 12.1. The van der Waals surface area contributed by atoms with Gasteiger partial charge in [-0.1, -0.05) is 18.2 Å². The van der Waals surface area contributed by atoms with Gasteiger partial charge in [-0.2, -0.15) is 0 Å². The van der Waals surface area contributed by atoms with E-state index < -0.39 is 0 Å². The molecule has 1 atom stereocenters. The molecule has 0 N–H and O–H groups in total. The monoisotopic (exact) mass is 205 g/mol. The van der Waals surface area contributed by atoms with Gasteiger partial charge >= 0.3 is 0 Å². The zero-order valence-electron chi connectivity index (χ0n) is 8.85. The van der Waals surface area contributed by atoms with Gasteiger partial charge in [0.2, 0.25) is 0 Å². The number of amides is 1. The van der Waals surface area contributed by atoms with Gasteiger partial charge in [-0.05, 0) is 25.5 Å². The molecule has 1 aliphatic rings. The van der Waals surface area contributed by atoms with E-state index in [2.05, 4.69) is 0 Å². The summed E-state index contributed by atoms with van der Waals surface area (Å²) in [6, 6.07) is 9.34. The lowest BCUT2D eigenvalue weighted by Gasteiger charge is -2.33. The molecule has 3 nitrogen and oxygen atoms in total. The number of hydrogen-bond acceptors (Lipinski definition) is 2. The van der Waals surface area contributed by atoms with Crippen LogP contribution < -0.4 is 0 Å². The molecule has 0 radical (unpaired) electrons. The van der Waals surface area contributed by atoms with Crippen LogP contribution in [-0.4, -0.2) is 30.2 Å². The SMILES string of the molecule is CC1OCCCN1C(=O)c1ccccc1. The Hall–Kier alpha value is -1.35. The van der Waals surface area contributed by atoms with Crippen LogP contribution in [0.5, 0.6) is 0 Å². The zero-order valence-corrected chi connectivity index (χ0v) is 8.85. The summed E-state index contributed by atoms with van der Waals surface area (Å²) >= 11 is 0. The summed E-state index contributed by atoms with van der Waals surface area (Å²) in [5.74, 6) is 0.0581. The molecule has 80 valence electrons. The maximum Gasteiger partial charge on any atom is 0.255 e. The zero-order chi connectivity index (χ0) is 10.7. The van der Waals surface area contributed by atoms with E-state index in [0.717, 1.165) is 25.1 Å². The van der Waals surface area contributed by atoms with Crippen molar-refractivity contribution in [2.24, 2.45) is 0 Å². The lowest BCUT2D eigenvalue weighted by Crippen LogP contribution is -2.44. The first kappa shape index (κ1) is 10.2. The highest BCUT2D eigenvalue weighted by molar-refractivity contribution is 5.94. The van der Waals surface area contributed by atoms with Crippen molar-refractivity contribution in [2.75, 3.05) is 13.2 Å². The molecule has 0 bridgehead atoms. The van der Waals surface area contributed by atoms with E-state index >= 15 is 0 Å². The number of benzene rings is 1. The molecule has 1 aromatic carbocycles. The maximum absolute atomic E-state index is 12.1. The first-order chi connectivity index (χ1) is 7.29. The highest BCUT2D eigenvalue weighted by Gasteiger charge is 2.24. The van der Waals surface area contributed by atoms with Crippen LogP contribution in [0.2, 0.25) is 0 Å². The smallest absolute Gasteiger partial charge is 0.255 e. The van der Waals surface area contributed by atoms with Crippen molar-refractivity contribution in [1.29, 1.82) is 0 Å². The Kier molecular flexibility index (Phi) is 3.02. The highest BCUT2D eigenvalue weighted by Crippen LogP contribution is 2.13. The van der Waals surface area contributed by atoms with Crippen molar-refractivity contribution < 1.29 is 9.53 Å². The minimum Gasteiger partial charge on any atom is -0.359 e. The summed E-state index contributed by atoms with van der Waals surface area (Å²) < 4.78 is 5.44. The van der Waals surface area contributed by atoms with E-state index in [1.807, 2.05) is 37.3 Å². The lowest BCUT2D eigenvalue weighted by atomic mass is 10.2. The summed E-state index contributed by atoms with van der Waals surface area (Å²) in [5, 5.41) is 0. The average Bonchev–Trinajstić information content (AvgIpc) is 2.30. The molecule has 1 saturated heterocycles. The number of nitrogens with zero attached hydrogens (tertiary/aromatic N) is 1. The summed E-state index contributed by atoms with van der Waals surface area (Å²) in [6.45, 7) is 3.45. The molecule has 1 unspecified atom stereocenters. The van der Waals surface area contributed by atoms with Crippen LogP contribution in [0.1, 0.15) is 23.7 Å². The fraction of sp³-hybridized carbons (Fsp3) is 0.417. The minimum atomic E-state index is -0.105. The Bertz CT molecular complexity index is 337. The van der Waals surface area contributed by atoms with E-state index in [0.29, 0.717) is 0 Å². The van der Waals surface area contributed by atoms with Crippen LogP contribution in [0.15, 0.2) is 30.3 Å². The molecular formula is C12H15NO2. The van der Waals surface area contributed by atoms with Crippen LogP contribution >= 0.6 is 0 Å². The van der Waals surface area contributed by atoms with E-state index in [1.165, 1.54) is 0 Å². The van der Waals surface area contributed by atoms with Gasteiger partial charge in [0.1, 0.15) is 6.23 Å². The van der Waals surface area contributed by atoms with Gasteiger partial charge in [-0.3, -0.25) is 4.79 Å². The van der Waals surface area contributed by atoms with Crippen LogP contribution in [0.25, 0.3) is 0 Å². The van der Waals surface area contributed by atoms with E-state index in [4.69, 9.17) is 4.74 Å². The molecule has 3 heteroatoms. The van der Waals surface area contributed by atoms with Crippen LogP contribution in [-0.2, 0) is 4.74 Å². The fourth-order valence-electron chi connectivity index (χ4n) is 1.77. The number of hydrogen-bond donors (Lipinski definition) is 0. The molecule has 1 aliphatic heterocycles. The predicted octanol–water partition coefficient (Wildman–Crippen LogP) is 1.90. The summed E-state index contributed by atoms with van der Waals surface area (Å²) in [7, 11) is 0. The minimum absolute atomic E-state index is 0.0581. The normalized spacial score (nSPS) is 21.4. The second-order valence-electron chi connectivity index (χ2n) is 3.69. The van der Waals surface area contributed by atoms with Crippen molar-refractivity contribution in [1.82, 2.24) is 4.90 Å². The van der Waals surface area contributed by atoms with Crippen molar-refractivity contribution in [3.05, 3.63) is 35.9 Å². The molecule has 1 heterocycles. The summed E-state index contributed by atoms with van der Waals surface area (Å²) in [4.78, 5) is 13.8. The first-order valence-corrected chi connectivity index (χ1v) is 5.26. The third-order valence-electron chi connectivity index (χ3n) is 2.62. The molecule has 1 fully saturated rings. The molecule has 2 rings (SSSR count). The Morgan fingerprint density at radius 1 is 1.40 bits per heavy atom. The van der Waals surface area contributed by atoms with Crippen LogP contribution in [0.3, 0.4) is 0 Å². The van der Waals surface area contributed by atoms with Gasteiger partial charge in [0.05, 0.1) is 6.61 Å². The van der Waals surface area contributed by atoms with E-state index in [-0.39, 0.29) is 12.1 Å². The molecule has 1 aromatic rings. The predicted molar refractivity (Wildman–Crippen MR) is 57.5 cm³/mol. The second-order valence-corrected chi connectivity index (χ2v) is 3.69. The van der Waals surface area contributed by atoms with Gasteiger partial charge in [-0.15, -0.1) is 0 Å². The second kappa shape index (κ2) is 4.45. The molecule has 0 aromatic heterocycles. The van der Waals surface area contributed by atoms with E-state index in [1.54, 1.807) is 4.90 Å². The van der Waals surface area contributed by atoms with Crippen LogP contribution in [0.4, 0.5) is 0 Å². The standard InChI is InChI=1S/C12H15NO2/c1-10-13(8-5-9-15-10)12(14)11-6-3-2-4-7-11/h2-4,6-7,10H,5,8-9H2,1H3. The summed E-state index contributed by atoms with van der Waals surface area (Å²) in [5.41, 5.74) is 0.731. The average molecular weight is 205 g/mol. The largest absolute Gasteiger partial charge is 0.359 e. The van der Waals surface area contributed by atoms with Gasteiger partial charge in [0, 0.05) is 12.1 Å². The van der Waals surface area contributed by atoms with Crippen molar-refractivity contribution >= 4 is 5.91 Å². The molecule has 15 heavy (non-hydrogen) atoms. The lowest BCUT2D eigenvalue weighted by molar-refractivity contribution is -0.0661.